The lowest BCUT2D eigenvalue weighted by molar-refractivity contribution is -0.120. The quantitative estimate of drug-likeness (QED) is 0.630. The standard InChI is InChI=1S/C21H23N5O3/c1-29-18-6-2-4-15(12-18)13-19(27)23-10-11-25-21(28)26(17-7-8-17)20(24-25)16-5-3-9-22-14-16/h2-6,9,12,14,17H,7-8,10-11,13H2,1H3,(H,23,27). The van der Waals surface area contributed by atoms with E-state index in [1.165, 1.54) is 4.68 Å². The summed E-state index contributed by atoms with van der Waals surface area (Å²) in [5.74, 6) is 1.24. The molecule has 2 aromatic heterocycles. The molecular formula is C21H23N5O3. The monoisotopic (exact) mass is 393 g/mol. The number of amides is 1. The van der Waals surface area contributed by atoms with Gasteiger partial charge in [-0.05, 0) is 42.7 Å². The Morgan fingerprint density at radius 1 is 1.28 bits per heavy atom. The summed E-state index contributed by atoms with van der Waals surface area (Å²) in [5, 5.41) is 7.36. The Bertz CT molecular complexity index is 1050. The summed E-state index contributed by atoms with van der Waals surface area (Å²) < 4.78 is 8.35. The van der Waals surface area contributed by atoms with Crippen molar-refractivity contribution in [3.8, 4) is 17.1 Å². The Kier molecular flexibility index (Phi) is 5.41. The highest BCUT2D eigenvalue weighted by Crippen LogP contribution is 2.36. The maximum atomic E-state index is 12.8. The van der Waals surface area contributed by atoms with Crippen LogP contribution in [0.3, 0.4) is 0 Å². The lowest BCUT2D eigenvalue weighted by Gasteiger charge is -2.06. The minimum atomic E-state index is -0.145. The zero-order chi connectivity index (χ0) is 20.2. The Morgan fingerprint density at radius 2 is 2.14 bits per heavy atom. The first-order valence-electron chi connectivity index (χ1n) is 9.65. The summed E-state index contributed by atoms with van der Waals surface area (Å²) in [6.45, 7) is 0.645. The number of methoxy groups -OCH3 is 1. The zero-order valence-electron chi connectivity index (χ0n) is 16.2. The molecule has 3 aromatic rings. The highest BCUT2D eigenvalue weighted by atomic mass is 16.5. The number of benzene rings is 1. The number of pyridine rings is 1. The van der Waals surface area contributed by atoms with Crippen molar-refractivity contribution in [1.29, 1.82) is 0 Å². The van der Waals surface area contributed by atoms with E-state index in [2.05, 4.69) is 15.4 Å². The van der Waals surface area contributed by atoms with Gasteiger partial charge >= 0.3 is 5.69 Å². The largest absolute Gasteiger partial charge is 0.497 e. The molecule has 0 bridgehead atoms. The van der Waals surface area contributed by atoms with Crippen LogP contribution in [0.15, 0.2) is 53.6 Å². The van der Waals surface area contributed by atoms with E-state index < -0.39 is 0 Å². The van der Waals surface area contributed by atoms with E-state index in [-0.39, 0.29) is 24.1 Å². The third-order valence-electron chi connectivity index (χ3n) is 4.85. The molecule has 1 fully saturated rings. The van der Waals surface area contributed by atoms with Crippen LogP contribution in [0.25, 0.3) is 11.4 Å². The molecule has 4 rings (SSSR count). The highest BCUT2D eigenvalue weighted by molar-refractivity contribution is 5.78. The van der Waals surface area contributed by atoms with Gasteiger partial charge in [0.2, 0.25) is 5.91 Å². The van der Waals surface area contributed by atoms with E-state index in [9.17, 15) is 9.59 Å². The van der Waals surface area contributed by atoms with E-state index in [1.54, 1.807) is 24.1 Å². The highest BCUT2D eigenvalue weighted by Gasteiger charge is 2.30. The second kappa shape index (κ2) is 8.30. The molecule has 2 heterocycles. The Hall–Kier alpha value is -3.42. The molecule has 0 radical (unpaired) electrons. The summed E-state index contributed by atoms with van der Waals surface area (Å²) in [7, 11) is 1.59. The van der Waals surface area contributed by atoms with Gasteiger partial charge in [-0.25, -0.2) is 9.48 Å². The third kappa shape index (κ3) is 4.37. The molecule has 0 spiro atoms. The molecule has 0 aliphatic heterocycles. The van der Waals surface area contributed by atoms with Crippen LogP contribution in [0.1, 0.15) is 24.4 Å². The van der Waals surface area contributed by atoms with E-state index in [4.69, 9.17) is 4.74 Å². The first kappa shape index (κ1) is 18.9. The van der Waals surface area contributed by atoms with Gasteiger partial charge in [-0.2, -0.15) is 0 Å². The van der Waals surface area contributed by atoms with Gasteiger partial charge in [-0.1, -0.05) is 12.1 Å². The Morgan fingerprint density at radius 3 is 2.86 bits per heavy atom. The molecule has 29 heavy (non-hydrogen) atoms. The normalized spacial score (nSPS) is 13.3. The number of hydrogen-bond acceptors (Lipinski definition) is 5. The molecule has 8 nitrogen and oxygen atoms in total. The average Bonchev–Trinajstić information content (AvgIpc) is 3.52. The fraction of sp³-hybridized carbons (Fsp3) is 0.333. The van der Waals surface area contributed by atoms with Crippen LogP contribution in [0, 0.1) is 0 Å². The molecule has 1 saturated carbocycles. The van der Waals surface area contributed by atoms with Crippen LogP contribution in [0.4, 0.5) is 0 Å². The molecular weight excluding hydrogens is 370 g/mol. The van der Waals surface area contributed by atoms with Crippen LogP contribution in [0.2, 0.25) is 0 Å². The molecule has 8 heteroatoms. The molecule has 0 unspecified atom stereocenters. The van der Waals surface area contributed by atoms with Crippen molar-refractivity contribution in [3.05, 3.63) is 64.8 Å². The number of aromatic nitrogens is 4. The second-order valence-electron chi connectivity index (χ2n) is 7.05. The maximum Gasteiger partial charge on any atom is 0.346 e. The summed E-state index contributed by atoms with van der Waals surface area (Å²) in [5.41, 5.74) is 1.54. The fourth-order valence-corrected chi connectivity index (χ4v) is 3.25. The lowest BCUT2D eigenvalue weighted by Crippen LogP contribution is -2.32. The van der Waals surface area contributed by atoms with E-state index in [0.717, 1.165) is 29.7 Å². The van der Waals surface area contributed by atoms with Crippen LogP contribution in [-0.2, 0) is 17.8 Å². The van der Waals surface area contributed by atoms with Crippen molar-refractivity contribution >= 4 is 5.91 Å². The van der Waals surface area contributed by atoms with E-state index in [0.29, 0.717) is 18.9 Å². The number of carbonyl (C=O) groups is 1. The van der Waals surface area contributed by atoms with Gasteiger partial charge in [-0.3, -0.25) is 14.3 Å². The number of nitrogens with one attached hydrogen (secondary N) is 1. The van der Waals surface area contributed by atoms with Crippen molar-refractivity contribution in [2.75, 3.05) is 13.7 Å². The molecule has 150 valence electrons. The Balaban J connectivity index is 1.41. The van der Waals surface area contributed by atoms with Gasteiger partial charge in [0.05, 0.1) is 20.1 Å². The second-order valence-corrected chi connectivity index (χ2v) is 7.05. The van der Waals surface area contributed by atoms with Gasteiger partial charge < -0.3 is 10.1 Å². The van der Waals surface area contributed by atoms with Crippen LogP contribution >= 0.6 is 0 Å². The first-order chi connectivity index (χ1) is 14.2. The molecule has 1 aromatic carbocycles. The van der Waals surface area contributed by atoms with Crippen LogP contribution in [0.5, 0.6) is 5.75 Å². The molecule has 0 saturated heterocycles. The Labute approximate surface area is 168 Å². The number of carbonyl (C=O) groups excluding carboxylic acids is 1. The summed E-state index contributed by atoms with van der Waals surface area (Å²) in [6.07, 6.45) is 5.62. The number of hydrogen-bond donors (Lipinski definition) is 1. The van der Waals surface area contributed by atoms with E-state index >= 15 is 0 Å². The minimum absolute atomic E-state index is 0.111. The summed E-state index contributed by atoms with van der Waals surface area (Å²) in [6, 6.07) is 11.3. The molecule has 1 aliphatic rings. The number of ether oxygens (including phenoxy) is 1. The van der Waals surface area contributed by atoms with Gasteiger partial charge in [-0.15, -0.1) is 5.10 Å². The molecule has 1 N–H and O–H groups in total. The maximum absolute atomic E-state index is 12.8. The average molecular weight is 393 g/mol. The van der Waals surface area contributed by atoms with Crippen LogP contribution in [-0.4, -0.2) is 38.9 Å². The summed E-state index contributed by atoms with van der Waals surface area (Å²) >= 11 is 0. The predicted octanol–water partition coefficient (Wildman–Crippen LogP) is 1.81. The topological polar surface area (TPSA) is 91.0 Å². The number of rotatable bonds is 8. The third-order valence-corrected chi connectivity index (χ3v) is 4.85. The first-order valence-corrected chi connectivity index (χ1v) is 9.65. The van der Waals surface area contributed by atoms with Crippen molar-refractivity contribution < 1.29 is 9.53 Å². The van der Waals surface area contributed by atoms with Gasteiger partial charge in [0.15, 0.2) is 5.82 Å². The SMILES string of the molecule is COc1cccc(CC(=O)NCCn2nc(-c3cccnc3)n(C3CC3)c2=O)c1. The van der Waals surface area contributed by atoms with Crippen molar-refractivity contribution in [2.45, 2.75) is 31.8 Å². The van der Waals surface area contributed by atoms with Gasteiger partial charge in [0.25, 0.3) is 0 Å². The van der Waals surface area contributed by atoms with Gasteiger partial charge in [0.1, 0.15) is 5.75 Å². The smallest absolute Gasteiger partial charge is 0.346 e. The fourth-order valence-electron chi connectivity index (χ4n) is 3.25. The predicted molar refractivity (Wildman–Crippen MR) is 108 cm³/mol. The zero-order valence-corrected chi connectivity index (χ0v) is 16.2. The van der Waals surface area contributed by atoms with Crippen LogP contribution < -0.4 is 15.7 Å². The van der Waals surface area contributed by atoms with Gasteiger partial charge in [0, 0.05) is 30.5 Å². The van der Waals surface area contributed by atoms with Crippen molar-refractivity contribution in [3.63, 3.8) is 0 Å². The molecule has 0 atom stereocenters. The van der Waals surface area contributed by atoms with Crippen molar-refractivity contribution in [1.82, 2.24) is 24.6 Å². The molecule has 1 amide bonds. The minimum Gasteiger partial charge on any atom is -0.497 e. The lowest BCUT2D eigenvalue weighted by atomic mass is 10.1. The summed E-state index contributed by atoms with van der Waals surface area (Å²) in [4.78, 5) is 29.2. The molecule has 1 aliphatic carbocycles. The van der Waals surface area contributed by atoms with Crippen molar-refractivity contribution in [2.24, 2.45) is 0 Å². The number of nitrogens with zero attached hydrogens (tertiary/aromatic N) is 4. The van der Waals surface area contributed by atoms with E-state index in [1.807, 2.05) is 36.4 Å².